The van der Waals surface area contributed by atoms with E-state index in [1.165, 1.54) is 12.8 Å². The van der Waals surface area contributed by atoms with E-state index in [9.17, 15) is 4.79 Å². The van der Waals surface area contributed by atoms with Crippen molar-refractivity contribution in [3.63, 3.8) is 0 Å². The number of rotatable bonds is 5. The molecule has 6 nitrogen and oxygen atoms in total. The van der Waals surface area contributed by atoms with Crippen molar-refractivity contribution in [2.45, 2.75) is 38.6 Å². The van der Waals surface area contributed by atoms with Gasteiger partial charge in [-0.05, 0) is 19.4 Å². The molecule has 1 aliphatic carbocycles. The number of aromatic nitrogens is 2. The number of anilines is 1. The van der Waals surface area contributed by atoms with E-state index in [0.29, 0.717) is 17.6 Å². The summed E-state index contributed by atoms with van der Waals surface area (Å²) >= 11 is 0. The summed E-state index contributed by atoms with van der Waals surface area (Å²) in [4.78, 5) is 26.8. The van der Waals surface area contributed by atoms with Gasteiger partial charge in [-0.1, -0.05) is 50.1 Å². The molecule has 1 aromatic carbocycles. The lowest BCUT2D eigenvalue weighted by atomic mass is 10.2. The Kier molecular flexibility index (Phi) is 5.86. The highest BCUT2D eigenvalue weighted by Gasteiger charge is 2.24. The zero-order valence-corrected chi connectivity index (χ0v) is 16.6. The Labute approximate surface area is 167 Å². The average Bonchev–Trinajstić information content (AvgIpc) is 3.26. The van der Waals surface area contributed by atoms with E-state index < -0.39 is 0 Å². The Bertz CT molecular complexity index is 796. The van der Waals surface area contributed by atoms with Crippen LogP contribution in [0.15, 0.2) is 36.4 Å². The van der Waals surface area contributed by atoms with Gasteiger partial charge in [0.1, 0.15) is 11.5 Å². The number of carbonyl (C=O) groups is 1. The molecule has 148 valence electrons. The maximum absolute atomic E-state index is 13.2. The largest absolute Gasteiger partial charge is 0.367 e. The Morgan fingerprint density at radius 3 is 2.46 bits per heavy atom. The highest BCUT2D eigenvalue weighted by molar-refractivity contribution is 5.93. The van der Waals surface area contributed by atoms with Crippen LogP contribution in [-0.2, 0) is 0 Å². The summed E-state index contributed by atoms with van der Waals surface area (Å²) in [5.74, 6) is 1.38. The molecule has 0 atom stereocenters. The Morgan fingerprint density at radius 1 is 1.07 bits per heavy atom. The molecule has 1 amide bonds. The van der Waals surface area contributed by atoms with Crippen molar-refractivity contribution in [3.05, 3.63) is 42.1 Å². The van der Waals surface area contributed by atoms with E-state index in [0.717, 1.165) is 56.9 Å². The number of piperazine rings is 1. The maximum Gasteiger partial charge on any atom is 0.272 e. The number of amides is 1. The molecule has 4 rings (SSSR count). The first kappa shape index (κ1) is 18.9. The molecular weight excluding hydrogens is 350 g/mol. The third-order valence-electron chi connectivity index (χ3n) is 5.79. The van der Waals surface area contributed by atoms with Crippen LogP contribution in [0, 0.1) is 0 Å². The van der Waals surface area contributed by atoms with E-state index in [2.05, 4.69) is 22.1 Å². The number of carbonyl (C=O) groups excluding carboxylic acids is 1. The van der Waals surface area contributed by atoms with Crippen LogP contribution in [-0.4, -0.2) is 64.4 Å². The van der Waals surface area contributed by atoms with Gasteiger partial charge < -0.3 is 15.1 Å². The number of hydrogen-bond acceptors (Lipinski definition) is 5. The van der Waals surface area contributed by atoms with Crippen LogP contribution in [0.2, 0.25) is 0 Å². The molecule has 28 heavy (non-hydrogen) atoms. The standard InChI is InChI=1S/C22H29N5O/c1-2-26-12-14-27(15-13-26)22(28)19-16-20(23-18-10-6-7-11-18)25-21(24-19)17-8-4-3-5-9-17/h3-5,8-9,16,18H,2,6-7,10-15H2,1H3,(H,23,24,25). The number of benzene rings is 1. The second-order valence-electron chi connectivity index (χ2n) is 7.68. The molecular formula is C22H29N5O. The first-order valence-corrected chi connectivity index (χ1v) is 10.5. The fraction of sp³-hybridized carbons (Fsp3) is 0.500. The molecule has 2 fully saturated rings. The Hall–Kier alpha value is -2.47. The van der Waals surface area contributed by atoms with Gasteiger partial charge in [0.25, 0.3) is 5.91 Å². The predicted octanol–water partition coefficient (Wildman–Crippen LogP) is 3.28. The van der Waals surface area contributed by atoms with Crippen molar-refractivity contribution >= 4 is 11.7 Å². The summed E-state index contributed by atoms with van der Waals surface area (Å²) in [6.45, 7) is 6.54. The minimum atomic E-state index is 0.00445. The molecule has 2 aromatic rings. The topological polar surface area (TPSA) is 61.4 Å². The van der Waals surface area contributed by atoms with E-state index >= 15 is 0 Å². The molecule has 1 saturated carbocycles. The molecule has 1 aromatic heterocycles. The molecule has 1 saturated heterocycles. The van der Waals surface area contributed by atoms with Crippen LogP contribution in [0.5, 0.6) is 0 Å². The summed E-state index contributed by atoms with van der Waals surface area (Å²) in [5.41, 5.74) is 1.42. The van der Waals surface area contributed by atoms with Crippen LogP contribution in [0.3, 0.4) is 0 Å². The quantitative estimate of drug-likeness (QED) is 0.864. The van der Waals surface area contributed by atoms with E-state index in [1.54, 1.807) is 0 Å². The summed E-state index contributed by atoms with van der Waals surface area (Å²) in [7, 11) is 0. The minimum Gasteiger partial charge on any atom is -0.367 e. The van der Waals surface area contributed by atoms with Crippen molar-refractivity contribution in [3.8, 4) is 11.4 Å². The lowest BCUT2D eigenvalue weighted by Gasteiger charge is -2.33. The molecule has 6 heteroatoms. The highest BCUT2D eigenvalue weighted by atomic mass is 16.2. The minimum absolute atomic E-state index is 0.00445. The lowest BCUT2D eigenvalue weighted by molar-refractivity contribution is 0.0637. The summed E-state index contributed by atoms with van der Waals surface area (Å²) in [6.07, 6.45) is 4.82. The van der Waals surface area contributed by atoms with Crippen molar-refractivity contribution in [2.24, 2.45) is 0 Å². The van der Waals surface area contributed by atoms with Gasteiger partial charge in [0.15, 0.2) is 5.82 Å². The van der Waals surface area contributed by atoms with Gasteiger partial charge in [-0.3, -0.25) is 4.79 Å². The number of hydrogen-bond donors (Lipinski definition) is 1. The zero-order valence-electron chi connectivity index (χ0n) is 16.6. The second-order valence-corrected chi connectivity index (χ2v) is 7.68. The summed E-state index contributed by atoms with van der Waals surface area (Å²) < 4.78 is 0. The molecule has 2 aliphatic rings. The van der Waals surface area contributed by atoms with Gasteiger partial charge in [0, 0.05) is 43.9 Å². The van der Waals surface area contributed by atoms with Crippen LogP contribution >= 0.6 is 0 Å². The summed E-state index contributed by atoms with van der Waals surface area (Å²) in [6, 6.07) is 12.2. The number of nitrogens with zero attached hydrogens (tertiary/aromatic N) is 4. The summed E-state index contributed by atoms with van der Waals surface area (Å²) in [5, 5.41) is 3.54. The molecule has 0 spiro atoms. The van der Waals surface area contributed by atoms with Gasteiger partial charge in [-0.25, -0.2) is 9.97 Å². The van der Waals surface area contributed by atoms with Crippen LogP contribution in [0.25, 0.3) is 11.4 Å². The Morgan fingerprint density at radius 2 is 1.79 bits per heavy atom. The monoisotopic (exact) mass is 379 g/mol. The van der Waals surface area contributed by atoms with Crippen LogP contribution < -0.4 is 5.32 Å². The van der Waals surface area contributed by atoms with E-state index in [-0.39, 0.29) is 5.91 Å². The molecule has 2 heterocycles. The smallest absolute Gasteiger partial charge is 0.272 e. The molecule has 1 aliphatic heterocycles. The highest BCUT2D eigenvalue weighted by Crippen LogP contribution is 2.24. The maximum atomic E-state index is 13.2. The van der Waals surface area contributed by atoms with Gasteiger partial charge in [-0.2, -0.15) is 0 Å². The fourth-order valence-electron chi connectivity index (χ4n) is 4.06. The molecule has 0 unspecified atom stereocenters. The lowest BCUT2D eigenvalue weighted by Crippen LogP contribution is -2.48. The molecule has 0 bridgehead atoms. The van der Waals surface area contributed by atoms with E-state index in [1.807, 2.05) is 41.3 Å². The molecule has 0 radical (unpaired) electrons. The van der Waals surface area contributed by atoms with Crippen molar-refractivity contribution < 1.29 is 4.79 Å². The van der Waals surface area contributed by atoms with Crippen LogP contribution in [0.4, 0.5) is 5.82 Å². The zero-order chi connectivity index (χ0) is 19.3. The third-order valence-corrected chi connectivity index (χ3v) is 5.79. The Balaban J connectivity index is 1.60. The second kappa shape index (κ2) is 8.69. The van der Waals surface area contributed by atoms with Gasteiger partial charge in [0.05, 0.1) is 0 Å². The van der Waals surface area contributed by atoms with Crippen molar-refractivity contribution in [1.82, 2.24) is 19.8 Å². The van der Waals surface area contributed by atoms with Gasteiger partial charge in [-0.15, -0.1) is 0 Å². The first-order valence-electron chi connectivity index (χ1n) is 10.5. The van der Waals surface area contributed by atoms with Crippen LogP contribution in [0.1, 0.15) is 43.1 Å². The third kappa shape index (κ3) is 4.33. The molecule has 1 N–H and O–H groups in total. The van der Waals surface area contributed by atoms with E-state index in [4.69, 9.17) is 4.98 Å². The van der Waals surface area contributed by atoms with Gasteiger partial charge in [0.2, 0.25) is 0 Å². The fourth-order valence-corrected chi connectivity index (χ4v) is 4.06. The predicted molar refractivity (Wildman–Crippen MR) is 111 cm³/mol. The number of nitrogens with one attached hydrogen (secondary N) is 1. The van der Waals surface area contributed by atoms with Crippen molar-refractivity contribution in [2.75, 3.05) is 38.0 Å². The van der Waals surface area contributed by atoms with Crippen molar-refractivity contribution in [1.29, 1.82) is 0 Å². The SMILES string of the molecule is CCN1CCN(C(=O)c2cc(NC3CCCC3)nc(-c3ccccc3)n2)CC1. The number of likely N-dealkylation sites (N-methyl/N-ethyl adjacent to an activating group) is 1. The van der Waals surface area contributed by atoms with Gasteiger partial charge >= 0.3 is 0 Å². The average molecular weight is 380 g/mol. The first-order chi connectivity index (χ1) is 13.7. The normalized spacial score (nSPS) is 18.4.